The molecule has 0 unspecified atom stereocenters. The molecule has 4 nitrogen and oxygen atoms in total. The monoisotopic (exact) mass is 369 g/mol. The Labute approximate surface area is 151 Å². The SMILES string of the molecule is C=NC(/N=C/c1cccc(C(F)(F)CO)c1)=C(CC)\C(CC)=N/CCl. The highest BCUT2D eigenvalue weighted by Crippen LogP contribution is 2.27. The third-order valence-corrected chi connectivity index (χ3v) is 3.67. The molecular formula is C18H22ClF2N3O. The summed E-state index contributed by atoms with van der Waals surface area (Å²) in [6, 6.07) is 5.80. The number of aliphatic imine (C=N–C) groups is 3. The summed E-state index contributed by atoms with van der Waals surface area (Å²) in [5.41, 5.74) is 1.79. The lowest BCUT2D eigenvalue weighted by Gasteiger charge is -2.13. The van der Waals surface area contributed by atoms with Crippen molar-refractivity contribution in [3.05, 3.63) is 46.8 Å². The fourth-order valence-electron chi connectivity index (χ4n) is 2.27. The molecule has 136 valence electrons. The molecule has 0 aliphatic heterocycles. The fraction of sp³-hybridized carbons (Fsp3) is 0.389. The van der Waals surface area contributed by atoms with Gasteiger partial charge in [-0.05, 0) is 31.2 Å². The first-order valence-electron chi connectivity index (χ1n) is 7.86. The maximum Gasteiger partial charge on any atom is 0.295 e. The molecule has 0 aliphatic carbocycles. The lowest BCUT2D eigenvalue weighted by Crippen LogP contribution is -2.18. The maximum atomic E-state index is 13.6. The van der Waals surface area contributed by atoms with Gasteiger partial charge in [-0.1, -0.05) is 32.0 Å². The number of allylic oxidation sites excluding steroid dienone is 1. The Bertz CT molecular complexity index is 685. The minimum Gasteiger partial charge on any atom is -0.390 e. The van der Waals surface area contributed by atoms with Gasteiger partial charge in [-0.3, -0.25) is 4.99 Å². The number of halogens is 3. The predicted molar refractivity (Wildman–Crippen MR) is 100 cm³/mol. The van der Waals surface area contributed by atoms with Crippen molar-refractivity contribution < 1.29 is 13.9 Å². The van der Waals surface area contributed by atoms with Crippen molar-refractivity contribution in [2.45, 2.75) is 32.6 Å². The molecule has 25 heavy (non-hydrogen) atoms. The van der Waals surface area contributed by atoms with Crippen LogP contribution in [0.4, 0.5) is 8.78 Å². The topological polar surface area (TPSA) is 57.3 Å². The van der Waals surface area contributed by atoms with E-state index in [-0.39, 0.29) is 11.6 Å². The van der Waals surface area contributed by atoms with Crippen molar-refractivity contribution in [3.8, 4) is 0 Å². The second-order valence-electron chi connectivity index (χ2n) is 5.14. The number of hydrogen-bond donors (Lipinski definition) is 1. The summed E-state index contributed by atoms with van der Waals surface area (Å²) in [6.45, 7) is 6.17. The van der Waals surface area contributed by atoms with E-state index >= 15 is 0 Å². The number of hydrogen-bond acceptors (Lipinski definition) is 4. The Kier molecular flexibility index (Phi) is 8.58. The summed E-state index contributed by atoms with van der Waals surface area (Å²) < 4.78 is 27.2. The molecule has 0 aliphatic rings. The first-order chi connectivity index (χ1) is 11.9. The van der Waals surface area contributed by atoms with Crippen LogP contribution in [0.1, 0.15) is 37.8 Å². The van der Waals surface area contributed by atoms with Crippen LogP contribution in [0.3, 0.4) is 0 Å². The van der Waals surface area contributed by atoms with Gasteiger partial charge in [0.05, 0.1) is 0 Å². The van der Waals surface area contributed by atoms with E-state index < -0.39 is 12.5 Å². The third-order valence-electron chi connectivity index (χ3n) is 3.55. The summed E-state index contributed by atoms with van der Waals surface area (Å²) in [6.07, 6.45) is 2.74. The minimum absolute atomic E-state index is 0.138. The van der Waals surface area contributed by atoms with Gasteiger partial charge >= 0.3 is 0 Å². The number of nitrogens with zero attached hydrogens (tertiary/aromatic N) is 3. The number of aliphatic hydroxyl groups is 1. The molecule has 0 aromatic heterocycles. The molecule has 0 saturated carbocycles. The third kappa shape index (κ3) is 5.83. The van der Waals surface area contributed by atoms with Crippen molar-refractivity contribution in [1.29, 1.82) is 0 Å². The average Bonchev–Trinajstić information content (AvgIpc) is 2.64. The van der Waals surface area contributed by atoms with Crippen molar-refractivity contribution in [2.24, 2.45) is 15.0 Å². The quantitative estimate of drug-likeness (QED) is 0.387. The second kappa shape index (κ2) is 10.2. The van der Waals surface area contributed by atoms with Gasteiger partial charge in [0.25, 0.3) is 5.92 Å². The maximum absolute atomic E-state index is 13.6. The standard InChI is InChI=1S/C18H22ClF2N3O/c1-4-15(16(5-2)24-12-19)17(22-3)23-10-13-7-6-8-14(9-13)18(20,21)11-25/h6-10,25H,3-5,11-12H2,1-2H3/b17-15+,23-10+,24-16-. The van der Waals surface area contributed by atoms with Crippen LogP contribution in [-0.4, -0.2) is 36.4 Å². The Morgan fingerprint density at radius 3 is 2.56 bits per heavy atom. The zero-order valence-corrected chi connectivity index (χ0v) is 15.1. The highest BCUT2D eigenvalue weighted by atomic mass is 35.5. The van der Waals surface area contributed by atoms with Gasteiger partial charge in [-0.2, -0.15) is 8.78 Å². The van der Waals surface area contributed by atoms with Crippen LogP contribution in [0.2, 0.25) is 0 Å². The van der Waals surface area contributed by atoms with Crippen molar-refractivity contribution >= 4 is 30.2 Å². The summed E-state index contributed by atoms with van der Waals surface area (Å²) >= 11 is 5.68. The van der Waals surface area contributed by atoms with E-state index in [1.807, 2.05) is 13.8 Å². The van der Waals surface area contributed by atoms with Crippen LogP contribution in [-0.2, 0) is 5.92 Å². The van der Waals surface area contributed by atoms with Gasteiger partial charge < -0.3 is 5.11 Å². The van der Waals surface area contributed by atoms with Gasteiger partial charge in [-0.25, -0.2) is 9.98 Å². The molecule has 0 radical (unpaired) electrons. The Morgan fingerprint density at radius 2 is 2.04 bits per heavy atom. The van der Waals surface area contributed by atoms with Crippen LogP contribution in [0.5, 0.6) is 0 Å². The number of alkyl halides is 3. The number of aliphatic hydroxyl groups excluding tert-OH is 1. The highest BCUT2D eigenvalue weighted by Gasteiger charge is 2.30. The molecule has 1 N–H and O–H groups in total. The number of rotatable bonds is 9. The lowest BCUT2D eigenvalue weighted by molar-refractivity contribution is -0.0556. The van der Waals surface area contributed by atoms with E-state index in [0.29, 0.717) is 24.2 Å². The molecule has 0 spiro atoms. The number of benzene rings is 1. The first-order valence-corrected chi connectivity index (χ1v) is 8.39. The molecule has 7 heteroatoms. The highest BCUT2D eigenvalue weighted by molar-refractivity contribution is 6.18. The van der Waals surface area contributed by atoms with Crippen LogP contribution in [0, 0.1) is 0 Å². The molecule has 0 saturated heterocycles. The Morgan fingerprint density at radius 1 is 1.32 bits per heavy atom. The van der Waals surface area contributed by atoms with Crippen molar-refractivity contribution in [1.82, 2.24) is 0 Å². The predicted octanol–water partition coefficient (Wildman–Crippen LogP) is 4.56. The molecule has 0 heterocycles. The second-order valence-corrected chi connectivity index (χ2v) is 5.38. The van der Waals surface area contributed by atoms with Crippen LogP contribution < -0.4 is 0 Å². The van der Waals surface area contributed by atoms with Crippen LogP contribution >= 0.6 is 11.6 Å². The zero-order valence-electron chi connectivity index (χ0n) is 14.3. The fourth-order valence-corrected chi connectivity index (χ4v) is 2.42. The van der Waals surface area contributed by atoms with E-state index in [1.54, 1.807) is 6.07 Å². The molecule has 0 bridgehead atoms. The lowest BCUT2D eigenvalue weighted by atomic mass is 10.1. The van der Waals surface area contributed by atoms with Crippen LogP contribution in [0.25, 0.3) is 0 Å². The van der Waals surface area contributed by atoms with Gasteiger partial charge in [0, 0.05) is 23.1 Å². The van der Waals surface area contributed by atoms with Crippen molar-refractivity contribution in [2.75, 3.05) is 12.6 Å². The van der Waals surface area contributed by atoms with Gasteiger partial charge in [0.1, 0.15) is 12.6 Å². The average molecular weight is 370 g/mol. The zero-order chi connectivity index (χ0) is 18.9. The van der Waals surface area contributed by atoms with E-state index in [2.05, 4.69) is 21.7 Å². The first kappa shape index (κ1) is 21.1. The van der Waals surface area contributed by atoms with E-state index in [9.17, 15) is 8.78 Å². The molecular weight excluding hydrogens is 348 g/mol. The Balaban J connectivity index is 3.24. The minimum atomic E-state index is -3.30. The molecule has 0 amide bonds. The van der Waals surface area contributed by atoms with E-state index in [1.165, 1.54) is 24.4 Å². The molecule has 1 rings (SSSR count). The van der Waals surface area contributed by atoms with Gasteiger partial charge in [-0.15, -0.1) is 11.6 Å². The summed E-state index contributed by atoms with van der Waals surface area (Å²) in [5, 5.41) is 8.80. The summed E-state index contributed by atoms with van der Waals surface area (Å²) in [4.78, 5) is 12.4. The largest absolute Gasteiger partial charge is 0.390 e. The van der Waals surface area contributed by atoms with Gasteiger partial charge in [0.15, 0.2) is 5.82 Å². The molecule has 1 aromatic rings. The summed E-state index contributed by atoms with van der Waals surface area (Å²) in [7, 11) is 0. The van der Waals surface area contributed by atoms with Crippen LogP contribution in [0.15, 0.2) is 50.6 Å². The molecule has 0 atom stereocenters. The molecule has 0 fully saturated rings. The normalized spacial score (nSPS) is 13.9. The van der Waals surface area contributed by atoms with E-state index in [0.717, 1.165) is 11.3 Å². The smallest absolute Gasteiger partial charge is 0.295 e. The Hall–Kier alpha value is -1.92. The van der Waals surface area contributed by atoms with Gasteiger partial charge in [0.2, 0.25) is 0 Å². The van der Waals surface area contributed by atoms with E-state index in [4.69, 9.17) is 16.7 Å². The van der Waals surface area contributed by atoms with Crippen molar-refractivity contribution in [3.63, 3.8) is 0 Å². The molecule has 1 aromatic carbocycles. The summed E-state index contributed by atoms with van der Waals surface area (Å²) in [5.74, 6) is -2.91.